The number of aliphatic imine (C=N–C) groups is 1. The number of hydrogen-bond donors (Lipinski definition) is 0. The van der Waals surface area contributed by atoms with E-state index in [0.717, 1.165) is 5.71 Å². The van der Waals surface area contributed by atoms with Crippen molar-refractivity contribution in [2.24, 2.45) is 10.9 Å². The number of nitrogens with zero attached hydrogens (tertiary/aromatic N) is 1. The van der Waals surface area contributed by atoms with E-state index < -0.39 is 27.5 Å². The van der Waals surface area contributed by atoms with Crippen molar-refractivity contribution >= 4 is 32.9 Å². The third kappa shape index (κ3) is 2.19. The number of allylic oxidation sites excluding steroid dienone is 2. The minimum absolute atomic E-state index is 0.0113. The van der Waals surface area contributed by atoms with E-state index in [1.165, 1.54) is 18.2 Å². The van der Waals surface area contributed by atoms with Gasteiger partial charge in [-0.15, -0.1) is 0 Å². The first kappa shape index (κ1) is 15.0. The molecule has 2 atom stereocenters. The first-order valence-electron chi connectivity index (χ1n) is 7.39. The van der Waals surface area contributed by atoms with E-state index in [9.17, 15) is 17.6 Å². The number of hydrogen-bond acceptors (Lipinski definition) is 4. The number of carbonyl (C=O) groups excluding carboxylic acids is 1. The van der Waals surface area contributed by atoms with Gasteiger partial charge in [-0.3, -0.25) is 9.79 Å². The van der Waals surface area contributed by atoms with Crippen LogP contribution in [0.5, 0.6) is 0 Å². The molecule has 1 aliphatic carbocycles. The second-order valence-corrected chi connectivity index (χ2v) is 8.56. The highest BCUT2D eigenvalue weighted by Gasteiger charge is 2.49. The average Bonchev–Trinajstić information content (AvgIpc) is 3.01. The van der Waals surface area contributed by atoms with Crippen molar-refractivity contribution in [2.75, 3.05) is 5.75 Å². The summed E-state index contributed by atoms with van der Waals surface area (Å²) < 4.78 is 38.4. The Morgan fingerprint density at radius 2 is 1.96 bits per heavy atom. The predicted molar refractivity (Wildman–Crippen MR) is 84.7 cm³/mol. The van der Waals surface area contributed by atoms with Crippen LogP contribution < -0.4 is 0 Å². The van der Waals surface area contributed by atoms with E-state index in [1.54, 1.807) is 0 Å². The van der Waals surface area contributed by atoms with Gasteiger partial charge in [-0.2, -0.15) is 0 Å². The Hall–Kier alpha value is -1.53. The molecule has 2 aliphatic heterocycles. The lowest BCUT2D eigenvalue weighted by Gasteiger charge is -2.28. The van der Waals surface area contributed by atoms with Gasteiger partial charge < -0.3 is 0 Å². The van der Waals surface area contributed by atoms with Gasteiger partial charge in [-0.05, 0) is 24.1 Å². The summed E-state index contributed by atoms with van der Waals surface area (Å²) in [6.07, 6.45) is 1.30. The van der Waals surface area contributed by atoms with Gasteiger partial charge in [0, 0.05) is 24.5 Å². The third-order valence-electron chi connectivity index (χ3n) is 4.76. The minimum Gasteiger partial charge on any atom is -0.299 e. The lowest BCUT2D eigenvalue weighted by atomic mass is 9.80. The molecule has 1 aromatic rings. The quantitative estimate of drug-likeness (QED) is 0.779. The van der Waals surface area contributed by atoms with Crippen molar-refractivity contribution in [2.45, 2.75) is 25.2 Å². The molecule has 4 rings (SSSR count). The van der Waals surface area contributed by atoms with Crippen LogP contribution in [-0.2, 0) is 14.6 Å². The molecular weight excluding hydrogens is 341 g/mol. The maximum absolute atomic E-state index is 13.5. The summed E-state index contributed by atoms with van der Waals surface area (Å²) in [6, 6.07) is 4.15. The molecule has 1 saturated carbocycles. The SMILES string of the molecule is O=C1CCC2=NC3=C(C(c4ccc(F)c(Cl)c4)C12)S(=O)(=O)CC3. The fourth-order valence-corrected chi connectivity index (χ4v) is 5.79. The number of fused-ring (bicyclic) bond motifs is 1. The van der Waals surface area contributed by atoms with Crippen molar-refractivity contribution < 1.29 is 17.6 Å². The molecule has 2 unspecified atom stereocenters. The van der Waals surface area contributed by atoms with E-state index in [0.29, 0.717) is 30.5 Å². The van der Waals surface area contributed by atoms with Gasteiger partial charge in [-0.25, -0.2) is 12.8 Å². The Labute approximate surface area is 138 Å². The largest absolute Gasteiger partial charge is 0.299 e. The second kappa shape index (κ2) is 4.98. The summed E-state index contributed by atoms with van der Waals surface area (Å²) in [5.74, 6) is -1.76. The van der Waals surface area contributed by atoms with Crippen LogP contribution in [-0.4, -0.2) is 25.7 Å². The van der Waals surface area contributed by atoms with Gasteiger partial charge in [0.1, 0.15) is 11.6 Å². The fraction of sp³-hybridized carbons (Fsp3) is 0.375. The van der Waals surface area contributed by atoms with Gasteiger partial charge in [0.05, 0.1) is 27.3 Å². The number of sulfone groups is 1. The number of halogens is 2. The molecule has 0 aromatic heterocycles. The minimum atomic E-state index is -3.45. The average molecular weight is 354 g/mol. The third-order valence-corrected chi connectivity index (χ3v) is 6.95. The summed E-state index contributed by atoms with van der Waals surface area (Å²) in [7, 11) is -3.45. The van der Waals surface area contributed by atoms with Gasteiger partial charge in [0.25, 0.3) is 0 Å². The lowest BCUT2D eigenvalue weighted by molar-refractivity contribution is -0.120. The molecule has 0 N–H and O–H groups in total. The molecule has 3 aliphatic rings. The smallest absolute Gasteiger partial charge is 0.177 e. The molecule has 7 heteroatoms. The maximum atomic E-state index is 13.5. The van der Waals surface area contributed by atoms with Crippen LogP contribution in [0.2, 0.25) is 5.02 Å². The van der Waals surface area contributed by atoms with Crippen LogP contribution in [0.15, 0.2) is 33.8 Å². The van der Waals surface area contributed by atoms with Crippen molar-refractivity contribution in [3.63, 3.8) is 0 Å². The first-order valence-corrected chi connectivity index (χ1v) is 9.42. The van der Waals surface area contributed by atoms with Crippen LogP contribution in [0.1, 0.15) is 30.7 Å². The number of benzene rings is 1. The second-order valence-electron chi connectivity index (χ2n) is 6.08. The van der Waals surface area contributed by atoms with E-state index in [2.05, 4.69) is 4.99 Å². The summed E-state index contributed by atoms with van der Waals surface area (Å²) in [6.45, 7) is 0. The molecule has 4 nitrogen and oxygen atoms in total. The Morgan fingerprint density at radius 1 is 1.17 bits per heavy atom. The van der Waals surface area contributed by atoms with E-state index in [1.807, 2.05) is 0 Å². The molecule has 0 spiro atoms. The van der Waals surface area contributed by atoms with Crippen molar-refractivity contribution in [1.29, 1.82) is 0 Å². The standard InChI is InChI=1S/C16H13ClFNO3S/c17-9-7-8(1-2-10(9)18)14-15-11(3-4-13(15)20)19-12-5-6-23(21,22)16(12)14/h1-2,7,14-15H,3-6H2. The summed E-state index contributed by atoms with van der Waals surface area (Å²) in [4.78, 5) is 17.0. The Kier molecular flexibility index (Phi) is 3.25. The van der Waals surface area contributed by atoms with Crippen LogP contribution in [0.4, 0.5) is 4.39 Å². The lowest BCUT2D eigenvalue weighted by Crippen LogP contribution is -2.30. The van der Waals surface area contributed by atoms with Gasteiger partial charge >= 0.3 is 0 Å². The molecule has 0 amide bonds. The Balaban J connectivity index is 1.95. The molecule has 2 heterocycles. The molecule has 0 bridgehead atoms. The van der Waals surface area contributed by atoms with Crippen molar-refractivity contribution in [3.8, 4) is 0 Å². The summed E-state index contributed by atoms with van der Waals surface area (Å²) in [5, 5.41) is -0.0745. The molecule has 1 aromatic carbocycles. The topological polar surface area (TPSA) is 63.6 Å². The van der Waals surface area contributed by atoms with Crippen LogP contribution in [0.25, 0.3) is 0 Å². The van der Waals surface area contributed by atoms with E-state index >= 15 is 0 Å². The Morgan fingerprint density at radius 3 is 2.70 bits per heavy atom. The Bertz CT molecular complexity index is 904. The van der Waals surface area contributed by atoms with Crippen LogP contribution in [0.3, 0.4) is 0 Å². The highest BCUT2D eigenvalue weighted by molar-refractivity contribution is 7.95. The zero-order valence-corrected chi connectivity index (χ0v) is 13.6. The highest BCUT2D eigenvalue weighted by Crippen LogP contribution is 2.49. The van der Waals surface area contributed by atoms with Gasteiger partial charge in [0.2, 0.25) is 0 Å². The summed E-state index contributed by atoms with van der Waals surface area (Å²) in [5.41, 5.74) is 1.86. The zero-order valence-electron chi connectivity index (χ0n) is 12.1. The predicted octanol–water partition coefficient (Wildman–Crippen LogP) is 3.03. The van der Waals surface area contributed by atoms with Crippen molar-refractivity contribution in [1.82, 2.24) is 0 Å². The molecule has 0 radical (unpaired) electrons. The van der Waals surface area contributed by atoms with E-state index in [-0.39, 0.29) is 21.5 Å². The van der Waals surface area contributed by atoms with Crippen molar-refractivity contribution in [3.05, 3.63) is 45.2 Å². The monoisotopic (exact) mass is 353 g/mol. The molecule has 0 saturated heterocycles. The fourth-order valence-electron chi connectivity index (χ4n) is 3.75. The number of ketones is 1. The molecule has 1 fully saturated rings. The zero-order chi connectivity index (χ0) is 16.4. The number of carbonyl (C=O) groups is 1. The molecule has 120 valence electrons. The molecule has 23 heavy (non-hydrogen) atoms. The number of rotatable bonds is 1. The first-order chi connectivity index (χ1) is 10.9. The van der Waals surface area contributed by atoms with E-state index in [4.69, 9.17) is 11.6 Å². The van der Waals surface area contributed by atoms with Crippen LogP contribution >= 0.6 is 11.6 Å². The molecular formula is C16H13ClFNO3S. The van der Waals surface area contributed by atoms with Gasteiger partial charge in [0.15, 0.2) is 9.84 Å². The normalized spacial score (nSPS) is 28.6. The maximum Gasteiger partial charge on any atom is 0.177 e. The van der Waals surface area contributed by atoms with Gasteiger partial charge in [-0.1, -0.05) is 17.7 Å². The highest BCUT2D eigenvalue weighted by atomic mass is 35.5. The van der Waals surface area contributed by atoms with Crippen LogP contribution in [0, 0.1) is 11.7 Å². The summed E-state index contributed by atoms with van der Waals surface area (Å²) >= 11 is 5.87. The number of Topliss-reactive ketones (excluding diaryl/α,β-unsaturated/α-hetero) is 1.